The number of nitrogens with one attached hydrogen (secondary N) is 1. The predicted octanol–water partition coefficient (Wildman–Crippen LogP) is 2.84. The van der Waals surface area contributed by atoms with Gasteiger partial charge in [0.1, 0.15) is 5.75 Å². The molecule has 1 aliphatic heterocycles. The van der Waals surface area contributed by atoms with Gasteiger partial charge in [-0.2, -0.15) is 0 Å². The minimum atomic E-state index is -1.35. The van der Waals surface area contributed by atoms with Crippen molar-refractivity contribution < 1.29 is 19.1 Å². The fraction of sp³-hybridized carbons (Fsp3) is 0.300. The summed E-state index contributed by atoms with van der Waals surface area (Å²) in [5.41, 5.74) is 0.674. The van der Waals surface area contributed by atoms with Gasteiger partial charge in [-0.3, -0.25) is 10.1 Å². The number of carbonyl (C=O) groups is 2. The molecule has 1 aliphatic rings. The van der Waals surface area contributed by atoms with Gasteiger partial charge in [0.15, 0.2) is 11.3 Å². The van der Waals surface area contributed by atoms with Crippen LogP contribution in [0, 0.1) is 0 Å². The fourth-order valence-electron chi connectivity index (χ4n) is 3.39. The molecule has 0 saturated carbocycles. The predicted molar refractivity (Wildman–Crippen MR) is 94.7 cm³/mol. The lowest BCUT2D eigenvalue weighted by Gasteiger charge is -2.26. The molecule has 1 heterocycles. The monoisotopic (exact) mass is 339 g/mol. The number of rotatable bonds is 5. The standard InChI is InChI=1S/C20H21NO4/c1-24-16-11-6-10-15(14-8-4-3-5-9-14)17(16)18(22)20(19(23)25-2)12-7-13-21-20/h3-6,8-11,21H,7,12-13H2,1-2H3. The van der Waals surface area contributed by atoms with Crippen molar-refractivity contribution in [3.05, 3.63) is 54.1 Å². The molecule has 3 rings (SSSR count). The van der Waals surface area contributed by atoms with Crippen molar-refractivity contribution in [3.8, 4) is 16.9 Å². The van der Waals surface area contributed by atoms with Crippen molar-refractivity contribution in [2.75, 3.05) is 20.8 Å². The van der Waals surface area contributed by atoms with E-state index in [0.29, 0.717) is 24.3 Å². The molecule has 5 heteroatoms. The summed E-state index contributed by atoms with van der Waals surface area (Å²) in [6, 6.07) is 15.0. The van der Waals surface area contributed by atoms with E-state index in [1.807, 2.05) is 42.5 Å². The Morgan fingerprint density at radius 3 is 2.40 bits per heavy atom. The molecular formula is C20H21NO4. The molecular weight excluding hydrogens is 318 g/mol. The Morgan fingerprint density at radius 1 is 1.04 bits per heavy atom. The number of Topliss-reactive ketones (excluding diaryl/α,β-unsaturated/α-hetero) is 1. The van der Waals surface area contributed by atoms with Crippen LogP contribution in [-0.2, 0) is 9.53 Å². The molecule has 0 aromatic heterocycles. The Morgan fingerprint density at radius 2 is 1.80 bits per heavy atom. The number of benzene rings is 2. The van der Waals surface area contributed by atoms with E-state index in [-0.39, 0.29) is 5.78 Å². The van der Waals surface area contributed by atoms with E-state index in [9.17, 15) is 9.59 Å². The summed E-state index contributed by atoms with van der Waals surface area (Å²) in [6.07, 6.45) is 1.14. The van der Waals surface area contributed by atoms with Crippen LogP contribution in [0.3, 0.4) is 0 Å². The highest BCUT2D eigenvalue weighted by Gasteiger charge is 2.50. The highest BCUT2D eigenvalue weighted by molar-refractivity contribution is 6.20. The second kappa shape index (κ2) is 7.07. The fourth-order valence-corrected chi connectivity index (χ4v) is 3.39. The van der Waals surface area contributed by atoms with Gasteiger partial charge in [-0.1, -0.05) is 42.5 Å². The summed E-state index contributed by atoms with van der Waals surface area (Å²) in [5.74, 6) is -0.420. The molecule has 2 aromatic carbocycles. The summed E-state index contributed by atoms with van der Waals surface area (Å²) in [4.78, 5) is 26.0. The maximum atomic E-state index is 13.5. The number of carbonyl (C=O) groups excluding carboxylic acids is 2. The van der Waals surface area contributed by atoms with Gasteiger partial charge in [-0.05, 0) is 36.6 Å². The lowest BCUT2D eigenvalue weighted by atomic mass is 9.84. The minimum Gasteiger partial charge on any atom is -0.496 e. The molecule has 5 nitrogen and oxygen atoms in total. The topological polar surface area (TPSA) is 64.6 Å². The zero-order chi connectivity index (χ0) is 17.9. The van der Waals surface area contributed by atoms with Gasteiger partial charge in [0.2, 0.25) is 0 Å². The number of hydrogen-bond acceptors (Lipinski definition) is 5. The summed E-state index contributed by atoms with van der Waals surface area (Å²) in [5, 5.41) is 3.07. The van der Waals surface area contributed by atoms with E-state index < -0.39 is 11.5 Å². The lowest BCUT2D eigenvalue weighted by molar-refractivity contribution is -0.145. The van der Waals surface area contributed by atoms with Gasteiger partial charge < -0.3 is 9.47 Å². The molecule has 0 amide bonds. The molecule has 1 atom stereocenters. The van der Waals surface area contributed by atoms with Crippen molar-refractivity contribution in [3.63, 3.8) is 0 Å². The van der Waals surface area contributed by atoms with E-state index in [4.69, 9.17) is 9.47 Å². The average Bonchev–Trinajstić information content (AvgIpc) is 3.18. The second-order valence-electron chi connectivity index (χ2n) is 6.01. The molecule has 1 N–H and O–H groups in total. The smallest absolute Gasteiger partial charge is 0.334 e. The SMILES string of the molecule is COC(=O)C1(C(=O)c2c(OC)cccc2-c2ccccc2)CCCN1. The largest absolute Gasteiger partial charge is 0.496 e. The van der Waals surface area contributed by atoms with Crippen molar-refractivity contribution in [1.29, 1.82) is 0 Å². The van der Waals surface area contributed by atoms with Crippen molar-refractivity contribution in [2.24, 2.45) is 0 Å². The van der Waals surface area contributed by atoms with Crippen molar-refractivity contribution >= 4 is 11.8 Å². The minimum absolute atomic E-state index is 0.312. The summed E-state index contributed by atoms with van der Waals surface area (Å²) >= 11 is 0. The zero-order valence-electron chi connectivity index (χ0n) is 14.4. The van der Waals surface area contributed by atoms with Crippen LogP contribution in [-0.4, -0.2) is 38.1 Å². The summed E-state index contributed by atoms with van der Waals surface area (Å²) in [7, 11) is 2.82. The van der Waals surface area contributed by atoms with Crippen LogP contribution >= 0.6 is 0 Å². The Balaban J connectivity index is 2.18. The number of ketones is 1. The first-order valence-corrected chi connectivity index (χ1v) is 8.24. The van der Waals surface area contributed by atoms with Gasteiger partial charge >= 0.3 is 5.97 Å². The maximum absolute atomic E-state index is 13.5. The van der Waals surface area contributed by atoms with Gasteiger partial charge in [-0.25, -0.2) is 4.79 Å². The van der Waals surface area contributed by atoms with Gasteiger partial charge in [0.05, 0.1) is 19.8 Å². The van der Waals surface area contributed by atoms with Crippen molar-refractivity contribution in [2.45, 2.75) is 18.4 Å². The first kappa shape index (κ1) is 17.2. The van der Waals surface area contributed by atoms with Crippen LogP contribution in [0.4, 0.5) is 0 Å². The number of ether oxygens (including phenoxy) is 2. The molecule has 2 aromatic rings. The Labute approximate surface area is 147 Å². The third kappa shape index (κ3) is 2.91. The first-order valence-electron chi connectivity index (χ1n) is 8.24. The van der Waals surface area contributed by atoms with Crippen molar-refractivity contribution in [1.82, 2.24) is 5.32 Å². The van der Waals surface area contributed by atoms with Crippen LogP contribution in [0.1, 0.15) is 23.2 Å². The summed E-state index contributed by atoms with van der Waals surface area (Å²) < 4.78 is 10.4. The third-order valence-electron chi connectivity index (χ3n) is 4.63. The molecule has 1 saturated heterocycles. The molecule has 0 radical (unpaired) electrons. The molecule has 1 fully saturated rings. The number of esters is 1. The summed E-state index contributed by atoms with van der Waals surface area (Å²) in [6.45, 7) is 0.594. The molecule has 130 valence electrons. The second-order valence-corrected chi connectivity index (χ2v) is 6.01. The van der Waals surface area contributed by atoms with Gasteiger partial charge in [0.25, 0.3) is 0 Å². The molecule has 1 unspecified atom stereocenters. The van der Waals surface area contributed by atoms with Crippen LogP contribution in [0.25, 0.3) is 11.1 Å². The quantitative estimate of drug-likeness (QED) is 0.515. The Bertz CT molecular complexity index is 780. The normalized spacial score (nSPS) is 19.4. The zero-order valence-corrected chi connectivity index (χ0v) is 14.4. The highest BCUT2D eigenvalue weighted by atomic mass is 16.5. The van der Waals surface area contributed by atoms with E-state index >= 15 is 0 Å². The average molecular weight is 339 g/mol. The van der Waals surface area contributed by atoms with Crippen LogP contribution in [0.15, 0.2) is 48.5 Å². The Hall–Kier alpha value is -2.66. The van der Waals surface area contributed by atoms with E-state index in [1.54, 1.807) is 6.07 Å². The molecule has 0 spiro atoms. The maximum Gasteiger partial charge on any atom is 0.334 e. The van der Waals surface area contributed by atoms with E-state index in [0.717, 1.165) is 17.5 Å². The van der Waals surface area contributed by atoms with Crippen LogP contribution in [0.5, 0.6) is 5.75 Å². The lowest BCUT2D eigenvalue weighted by Crippen LogP contribution is -2.55. The number of methoxy groups -OCH3 is 2. The molecule has 0 aliphatic carbocycles. The first-order chi connectivity index (χ1) is 12.1. The highest BCUT2D eigenvalue weighted by Crippen LogP contribution is 2.36. The van der Waals surface area contributed by atoms with Gasteiger partial charge in [-0.15, -0.1) is 0 Å². The van der Waals surface area contributed by atoms with E-state index in [2.05, 4.69) is 5.32 Å². The van der Waals surface area contributed by atoms with Crippen LogP contribution in [0.2, 0.25) is 0 Å². The van der Waals surface area contributed by atoms with Crippen LogP contribution < -0.4 is 10.1 Å². The van der Waals surface area contributed by atoms with E-state index in [1.165, 1.54) is 14.2 Å². The van der Waals surface area contributed by atoms with Gasteiger partial charge in [0, 0.05) is 0 Å². The Kier molecular flexibility index (Phi) is 4.86. The molecule has 0 bridgehead atoms. The number of hydrogen-bond donors (Lipinski definition) is 1. The molecule has 25 heavy (non-hydrogen) atoms. The third-order valence-corrected chi connectivity index (χ3v) is 4.63.